The highest BCUT2D eigenvalue weighted by molar-refractivity contribution is 4.94. The quantitative estimate of drug-likeness (QED) is 0.629. The maximum Gasteiger partial charge on any atom is 0.0580 e. The highest BCUT2D eigenvalue weighted by atomic mass is 16.5. The molecule has 1 rings (SSSR count). The van der Waals surface area contributed by atoms with Crippen molar-refractivity contribution in [3.05, 3.63) is 0 Å². The van der Waals surface area contributed by atoms with Gasteiger partial charge in [-0.15, -0.1) is 0 Å². The van der Waals surface area contributed by atoms with E-state index in [1.807, 2.05) is 0 Å². The van der Waals surface area contributed by atoms with Gasteiger partial charge in [0.25, 0.3) is 0 Å². The minimum absolute atomic E-state index is 0.466. The van der Waals surface area contributed by atoms with Gasteiger partial charge in [0, 0.05) is 6.61 Å². The second kappa shape index (κ2) is 3.78. The van der Waals surface area contributed by atoms with E-state index in [0.717, 1.165) is 12.5 Å². The van der Waals surface area contributed by atoms with Crippen LogP contribution in [0.1, 0.15) is 47.0 Å². The SMILES string of the molecule is CCOC(C)C1CCC1(C)CC. The predicted molar refractivity (Wildman–Crippen MR) is 52.2 cm³/mol. The summed E-state index contributed by atoms with van der Waals surface area (Å²) in [6.07, 6.45) is 4.53. The molecule has 1 aliphatic carbocycles. The predicted octanol–water partition coefficient (Wildman–Crippen LogP) is 3.24. The van der Waals surface area contributed by atoms with Crippen LogP contribution in [-0.4, -0.2) is 12.7 Å². The zero-order valence-electron chi connectivity index (χ0n) is 8.89. The molecule has 1 aliphatic rings. The zero-order chi connectivity index (χ0) is 9.19. The minimum atomic E-state index is 0.466. The van der Waals surface area contributed by atoms with Crippen molar-refractivity contribution in [2.45, 2.75) is 53.1 Å². The molecule has 0 spiro atoms. The Morgan fingerprint density at radius 2 is 2.17 bits per heavy atom. The van der Waals surface area contributed by atoms with Gasteiger partial charge in [-0.3, -0.25) is 0 Å². The fourth-order valence-electron chi connectivity index (χ4n) is 2.42. The van der Waals surface area contributed by atoms with Gasteiger partial charge in [0.1, 0.15) is 0 Å². The van der Waals surface area contributed by atoms with Gasteiger partial charge in [0.15, 0.2) is 0 Å². The van der Waals surface area contributed by atoms with Crippen LogP contribution in [0.4, 0.5) is 0 Å². The molecular formula is C11H22O. The van der Waals surface area contributed by atoms with Crippen LogP contribution in [0, 0.1) is 11.3 Å². The van der Waals surface area contributed by atoms with Gasteiger partial charge in [0.05, 0.1) is 6.10 Å². The van der Waals surface area contributed by atoms with Crippen LogP contribution in [0.5, 0.6) is 0 Å². The third-order valence-corrected chi connectivity index (χ3v) is 3.73. The van der Waals surface area contributed by atoms with E-state index >= 15 is 0 Å². The lowest BCUT2D eigenvalue weighted by Gasteiger charge is -2.49. The molecule has 3 unspecified atom stereocenters. The van der Waals surface area contributed by atoms with E-state index in [4.69, 9.17) is 4.74 Å². The van der Waals surface area contributed by atoms with E-state index in [9.17, 15) is 0 Å². The average Bonchev–Trinajstić information content (AvgIpc) is 2.01. The first-order valence-corrected chi connectivity index (χ1v) is 5.25. The smallest absolute Gasteiger partial charge is 0.0580 e. The fourth-order valence-corrected chi connectivity index (χ4v) is 2.42. The van der Waals surface area contributed by atoms with Crippen LogP contribution in [0.3, 0.4) is 0 Å². The molecule has 0 aliphatic heterocycles. The van der Waals surface area contributed by atoms with E-state index in [1.165, 1.54) is 19.3 Å². The van der Waals surface area contributed by atoms with Gasteiger partial charge in [-0.05, 0) is 38.0 Å². The number of hydrogen-bond donors (Lipinski definition) is 0. The van der Waals surface area contributed by atoms with Gasteiger partial charge in [0.2, 0.25) is 0 Å². The van der Waals surface area contributed by atoms with Crippen molar-refractivity contribution in [2.24, 2.45) is 11.3 Å². The molecule has 0 aromatic rings. The lowest BCUT2D eigenvalue weighted by atomic mass is 9.58. The van der Waals surface area contributed by atoms with Gasteiger partial charge in [-0.25, -0.2) is 0 Å². The summed E-state index contributed by atoms with van der Waals surface area (Å²) < 4.78 is 5.64. The maximum absolute atomic E-state index is 5.64. The lowest BCUT2D eigenvalue weighted by Crippen LogP contribution is -2.44. The molecular weight excluding hydrogens is 148 g/mol. The Kier molecular flexibility index (Phi) is 3.16. The third-order valence-electron chi connectivity index (χ3n) is 3.73. The molecule has 0 bridgehead atoms. The Balaban J connectivity index is 2.42. The lowest BCUT2D eigenvalue weighted by molar-refractivity contribution is -0.0767. The summed E-state index contributed by atoms with van der Waals surface area (Å²) in [5.74, 6) is 0.808. The summed E-state index contributed by atoms with van der Waals surface area (Å²) in [6, 6.07) is 0. The van der Waals surface area contributed by atoms with Crippen LogP contribution in [0.2, 0.25) is 0 Å². The van der Waals surface area contributed by atoms with E-state index in [0.29, 0.717) is 11.5 Å². The molecule has 1 fully saturated rings. The highest BCUT2D eigenvalue weighted by Gasteiger charge is 2.44. The molecule has 0 saturated heterocycles. The molecule has 1 saturated carbocycles. The maximum atomic E-state index is 5.64. The van der Waals surface area contributed by atoms with Gasteiger partial charge >= 0.3 is 0 Å². The van der Waals surface area contributed by atoms with Gasteiger partial charge in [-0.2, -0.15) is 0 Å². The van der Waals surface area contributed by atoms with E-state index < -0.39 is 0 Å². The van der Waals surface area contributed by atoms with Gasteiger partial charge < -0.3 is 4.74 Å². The molecule has 0 amide bonds. The Bertz CT molecular complexity index is 140. The molecule has 0 heterocycles. The highest BCUT2D eigenvalue weighted by Crippen LogP contribution is 2.51. The first kappa shape index (κ1) is 10.0. The summed E-state index contributed by atoms with van der Waals surface area (Å²) in [6.45, 7) is 9.86. The standard InChI is InChI=1S/C11H22O/c1-5-11(4)8-7-10(11)9(3)12-6-2/h9-10H,5-8H2,1-4H3. The Labute approximate surface area is 76.5 Å². The van der Waals surface area contributed by atoms with Crippen molar-refractivity contribution in [3.8, 4) is 0 Å². The van der Waals surface area contributed by atoms with Crippen LogP contribution in [0.15, 0.2) is 0 Å². The van der Waals surface area contributed by atoms with Crippen molar-refractivity contribution in [3.63, 3.8) is 0 Å². The molecule has 12 heavy (non-hydrogen) atoms. The first-order chi connectivity index (χ1) is 5.64. The Hall–Kier alpha value is -0.0400. The van der Waals surface area contributed by atoms with Crippen molar-refractivity contribution in [2.75, 3.05) is 6.61 Å². The second-order valence-corrected chi connectivity index (χ2v) is 4.31. The van der Waals surface area contributed by atoms with Gasteiger partial charge in [-0.1, -0.05) is 20.3 Å². The van der Waals surface area contributed by atoms with E-state index in [-0.39, 0.29) is 0 Å². The van der Waals surface area contributed by atoms with E-state index in [2.05, 4.69) is 27.7 Å². The number of rotatable bonds is 4. The minimum Gasteiger partial charge on any atom is -0.378 e. The second-order valence-electron chi connectivity index (χ2n) is 4.31. The van der Waals surface area contributed by atoms with Crippen LogP contribution in [-0.2, 0) is 4.74 Å². The largest absolute Gasteiger partial charge is 0.378 e. The van der Waals surface area contributed by atoms with Crippen LogP contribution < -0.4 is 0 Å². The Morgan fingerprint density at radius 3 is 2.50 bits per heavy atom. The van der Waals surface area contributed by atoms with Crippen molar-refractivity contribution in [1.29, 1.82) is 0 Å². The normalized spacial score (nSPS) is 37.5. The fraction of sp³-hybridized carbons (Fsp3) is 1.00. The molecule has 0 N–H and O–H groups in total. The zero-order valence-corrected chi connectivity index (χ0v) is 8.89. The van der Waals surface area contributed by atoms with Crippen LogP contribution in [0.25, 0.3) is 0 Å². The van der Waals surface area contributed by atoms with Crippen molar-refractivity contribution in [1.82, 2.24) is 0 Å². The summed E-state index contributed by atoms with van der Waals surface area (Å²) in [5.41, 5.74) is 0.578. The first-order valence-electron chi connectivity index (χ1n) is 5.25. The number of hydrogen-bond acceptors (Lipinski definition) is 1. The summed E-state index contributed by atoms with van der Waals surface area (Å²) in [7, 11) is 0. The summed E-state index contributed by atoms with van der Waals surface area (Å²) >= 11 is 0. The molecule has 0 radical (unpaired) electrons. The monoisotopic (exact) mass is 170 g/mol. The molecule has 0 aromatic carbocycles. The molecule has 1 heteroatoms. The summed E-state index contributed by atoms with van der Waals surface area (Å²) in [5, 5.41) is 0. The molecule has 3 atom stereocenters. The Morgan fingerprint density at radius 1 is 1.50 bits per heavy atom. The van der Waals surface area contributed by atoms with E-state index in [1.54, 1.807) is 0 Å². The van der Waals surface area contributed by atoms with Crippen molar-refractivity contribution >= 4 is 0 Å². The van der Waals surface area contributed by atoms with Crippen LogP contribution >= 0.6 is 0 Å². The molecule has 72 valence electrons. The summed E-state index contributed by atoms with van der Waals surface area (Å²) in [4.78, 5) is 0. The topological polar surface area (TPSA) is 9.23 Å². The average molecular weight is 170 g/mol. The number of ether oxygens (including phenoxy) is 1. The third kappa shape index (κ3) is 1.66. The molecule has 0 aromatic heterocycles. The molecule has 1 nitrogen and oxygen atoms in total. The van der Waals surface area contributed by atoms with Crippen molar-refractivity contribution < 1.29 is 4.74 Å².